The Kier molecular flexibility index (Phi) is 10.6. The van der Waals surface area contributed by atoms with Crippen molar-refractivity contribution in [1.82, 2.24) is 0 Å². The fraction of sp³-hybridized carbons (Fsp3) is 0.867. The lowest BCUT2D eigenvalue weighted by Crippen LogP contribution is -2.74. The summed E-state index contributed by atoms with van der Waals surface area (Å²) >= 11 is 0. The van der Waals surface area contributed by atoms with Crippen molar-refractivity contribution in [2.75, 3.05) is 21.3 Å². The molecule has 0 aliphatic carbocycles. The Morgan fingerprint density at radius 3 is 1.31 bits per heavy atom. The largest absolute Gasteiger partial charge is 0.543 e. The van der Waals surface area contributed by atoms with E-state index < -0.39 is 81.3 Å². The third kappa shape index (κ3) is 5.24. The predicted octanol–water partition coefficient (Wildman–Crippen LogP) is 5.75. The first-order valence-electron chi connectivity index (χ1n) is 8.57. The lowest BCUT2D eigenvalue weighted by molar-refractivity contribution is -0.413. The summed E-state index contributed by atoms with van der Waals surface area (Å²) in [6.45, 7) is 0. The fourth-order valence-electron chi connectivity index (χ4n) is 2.44. The first-order valence-corrected chi connectivity index (χ1v) is 10.4. The quantitative estimate of drug-likeness (QED) is 0.195. The molecule has 0 aromatic rings. The van der Waals surface area contributed by atoms with Crippen LogP contribution in [0.15, 0.2) is 12.4 Å². The van der Waals surface area contributed by atoms with E-state index in [1.165, 1.54) is 0 Å². The maximum Gasteiger partial charge on any atom is 0.543 e. The zero-order valence-electron chi connectivity index (χ0n) is 17.3. The zero-order valence-corrected chi connectivity index (χ0v) is 18.3. The molecule has 0 aliphatic rings. The van der Waals surface area contributed by atoms with Gasteiger partial charge in [0.15, 0.2) is 18.5 Å². The van der Waals surface area contributed by atoms with Crippen LogP contribution < -0.4 is 0 Å². The molecule has 0 fully saturated rings. The molecular weight excluding hydrogens is 560 g/mol. The molecule has 0 amide bonds. The van der Waals surface area contributed by atoms with Crippen LogP contribution in [0.5, 0.6) is 0 Å². The van der Waals surface area contributed by atoms with Crippen molar-refractivity contribution in [1.29, 1.82) is 0 Å². The van der Waals surface area contributed by atoms with Crippen molar-refractivity contribution in [3.8, 4) is 0 Å². The maximum absolute atomic E-state index is 14.2. The second-order valence-corrected chi connectivity index (χ2v) is 9.54. The van der Waals surface area contributed by atoms with Gasteiger partial charge in [0, 0.05) is 21.3 Å². The van der Waals surface area contributed by atoms with Crippen LogP contribution in [-0.4, -0.2) is 90.2 Å². The first-order chi connectivity index (χ1) is 15.6. The minimum atomic E-state index is -8.10. The molecule has 35 heavy (non-hydrogen) atoms. The minimum Gasteiger partial charge on any atom is -0.375 e. The average molecular weight is 576 g/mol. The summed E-state index contributed by atoms with van der Waals surface area (Å²) < 4.78 is 230. The van der Waals surface area contributed by atoms with Gasteiger partial charge in [-0.3, -0.25) is 0 Å². The lowest BCUT2D eigenvalue weighted by atomic mass is 9.90. The van der Waals surface area contributed by atoms with Gasteiger partial charge in [-0.2, -0.15) is 43.9 Å². The Labute approximate surface area is 187 Å². The van der Waals surface area contributed by atoms with Crippen LogP contribution in [0.4, 0.5) is 70.2 Å². The lowest BCUT2D eigenvalue weighted by Gasteiger charge is -2.42. The van der Waals surface area contributed by atoms with Gasteiger partial charge < -0.3 is 13.3 Å². The topological polar surface area (TPSA) is 27.7 Å². The number of halogens is 16. The molecule has 0 rings (SSSR count). The van der Waals surface area contributed by atoms with Crippen molar-refractivity contribution in [3.05, 3.63) is 12.4 Å². The van der Waals surface area contributed by atoms with Crippen LogP contribution in [0.25, 0.3) is 0 Å². The highest BCUT2D eigenvalue weighted by Crippen LogP contribution is 2.60. The van der Waals surface area contributed by atoms with Crippen molar-refractivity contribution in [2.24, 2.45) is 0 Å². The smallest absolute Gasteiger partial charge is 0.375 e. The molecule has 0 bridgehead atoms. The summed E-state index contributed by atoms with van der Waals surface area (Å²) in [6, 6.07) is 0. The summed E-state index contributed by atoms with van der Waals surface area (Å²) in [7, 11) is -4.92. The highest BCUT2D eigenvalue weighted by atomic mass is 28.4. The zero-order chi connectivity index (χ0) is 28.4. The minimum absolute atomic E-state index is 0.277. The molecule has 0 aromatic carbocycles. The van der Waals surface area contributed by atoms with Gasteiger partial charge in [0.25, 0.3) is 0 Å². The van der Waals surface area contributed by atoms with E-state index in [0.717, 1.165) is 0 Å². The van der Waals surface area contributed by atoms with Gasteiger partial charge in [-0.15, -0.1) is 0 Å². The normalized spacial score (nSPS) is 19.5. The summed E-state index contributed by atoms with van der Waals surface area (Å²) in [4.78, 5) is 0. The van der Waals surface area contributed by atoms with Crippen LogP contribution in [-0.2, 0) is 13.3 Å². The van der Waals surface area contributed by atoms with Crippen LogP contribution >= 0.6 is 0 Å². The molecule has 20 heteroatoms. The molecule has 0 radical (unpaired) electrons. The van der Waals surface area contributed by atoms with Gasteiger partial charge in [-0.1, -0.05) is 0 Å². The Bertz CT molecular complexity index is 708. The van der Waals surface area contributed by atoms with Crippen LogP contribution in [0.1, 0.15) is 0 Å². The number of alkyl halides is 15. The van der Waals surface area contributed by atoms with Gasteiger partial charge in [0.1, 0.15) is 0 Å². The van der Waals surface area contributed by atoms with Gasteiger partial charge in [-0.25, -0.2) is 26.3 Å². The van der Waals surface area contributed by atoms with Crippen molar-refractivity contribution in [2.45, 2.75) is 60.1 Å². The Morgan fingerprint density at radius 2 is 0.971 bits per heavy atom. The van der Waals surface area contributed by atoms with E-state index >= 15 is 0 Å². The van der Waals surface area contributed by atoms with Gasteiger partial charge >= 0.3 is 38.4 Å². The maximum atomic E-state index is 14.2. The van der Waals surface area contributed by atoms with E-state index in [9.17, 15) is 70.2 Å². The molecule has 0 aliphatic heterocycles. The highest BCUT2D eigenvalue weighted by molar-refractivity contribution is 6.62. The summed E-state index contributed by atoms with van der Waals surface area (Å²) in [5.74, 6) is -43.3. The third-order valence-corrected chi connectivity index (χ3v) is 7.29. The number of rotatable bonds is 14. The molecule has 0 saturated carbocycles. The van der Waals surface area contributed by atoms with Crippen molar-refractivity contribution in [3.63, 3.8) is 0 Å². The van der Waals surface area contributed by atoms with E-state index in [2.05, 4.69) is 13.3 Å². The number of hydrogen-bond acceptors (Lipinski definition) is 3. The molecule has 5 unspecified atom stereocenters. The molecule has 0 heterocycles. The molecule has 3 nitrogen and oxygen atoms in total. The van der Waals surface area contributed by atoms with E-state index in [1.807, 2.05) is 0 Å². The van der Waals surface area contributed by atoms with E-state index in [1.54, 1.807) is 0 Å². The van der Waals surface area contributed by atoms with Gasteiger partial charge in [-0.05, 0) is 6.08 Å². The fourth-order valence-corrected chi connectivity index (χ4v) is 4.19. The Morgan fingerprint density at radius 1 is 0.600 bits per heavy atom. The second kappa shape index (κ2) is 11.0. The first kappa shape index (κ1) is 33.7. The van der Waals surface area contributed by atoms with Crippen LogP contribution in [0.2, 0.25) is 0 Å². The molecule has 210 valence electrons. The molecule has 0 N–H and O–H groups in total. The van der Waals surface area contributed by atoms with E-state index in [0.29, 0.717) is 0 Å². The van der Waals surface area contributed by atoms with Crippen LogP contribution in [0.3, 0.4) is 0 Å². The van der Waals surface area contributed by atoms with Gasteiger partial charge in [0.05, 0.1) is 6.33 Å². The number of allylic oxidation sites excluding steroid dienone is 1. The van der Waals surface area contributed by atoms with Crippen molar-refractivity contribution < 1.29 is 83.5 Å². The number of hydrogen-bond donors (Lipinski definition) is 0. The Balaban J connectivity index is 6.54. The third-order valence-electron chi connectivity index (χ3n) is 4.60. The molecule has 0 saturated heterocycles. The molecule has 0 aromatic heterocycles. The highest BCUT2D eigenvalue weighted by Gasteiger charge is 2.90. The summed E-state index contributed by atoms with van der Waals surface area (Å²) in [5, 5.41) is 0. The summed E-state index contributed by atoms with van der Waals surface area (Å²) in [5.41, 5.74) is 0. The standard InChI is InChI=1S/C15H16F16O3Si/c1-32-35(33-2,34-3)10(21)12(24,25)14(28,29)15(30,31)13(26,27)11(22,23)9(20)8(19)7(18)6(17)4-5-16/h4-10H,1-3H3. The predicted molar refractivity (Wildman–Crippen MR) is 86.2 cm³/mol. The van der Waals surface area contributed by atoms with E-state index in [-0.39, 0.29) is 21.3 Å². The Hall–Kier alpha value is -1.28. The van der Waals surface area contributed by atoms with Crippen molar-refractivity contribution >= 4 is 8.80 Å². The second-order valence-electron chi connectivity index (χ2n) is 6.60. The average Bonchev–Trinajstić information content (AvgIpc) is 2.78. The summed E-state index contributed by atoms with van der Waals surface area (Å²) in [6.07, 6.45) is -19.8. The molecule has 5 atom stereocenters. The molecular formula is C15H16F16O3Si. The van der Waals surface area contributed by atoms with Crippen LogP contribution in [0, 0.1) is 0 Å². The SMILES string of the molecule is CO[Si](OC)(OC)C(F)C(F)(F)C(F)(F)C(F)(F)C(F)(F)C(F)(F)C(F)C(F)C(F)C(F)C=CF. The molecule has 0 spiro atoms. The van der Waals surface area contributed by atoms with Gasteiger partial charge in [0.2, 0.25) is 12.0 Å². The monoisotopic (exact) mass is 576 g/mol. The van der Waals surface area contributed by atoms with E-state index in [4.69, 9.17) is 0 Å².